The first-order valence-electron chi connectivity index (χ1n) is 9.29. The van der Waals surface area contributed by atoms with E-state index in [2.05, 4.69) is 29.0 Å². The van der Waals surface area contributed by atoms with Crippen LogP contribution in [0.25, 0.3) is 10.9 Å². The fraction of sp³-hybridized carbons (Fsp3) is 0.500. The second-order valence-electron chi connectivity index (χ2n) is 7.81. The van der Waals surface area contributed by atoms with Crippen LogP contribution in [0.3, 0.4) is 0 Å². The maximum atomic E-state index is 13.7. The Hall–Kier alpha value is -2.41. The number of piperidine rings is 1. The topological polar surface area (TPSA) is 74.4 Å². The monoisotopic (exact) mass is 375 g/mol. The van der Waals surface area contributed by atoms with Gasteiger partial charge in [-0.2, -0.15) is 0 Å². The molecule has 146 valence electrons. The van der Waals surface area contributed by atoms with Crippen LogP contribution in [0.15, 0.2) is 18.2 Å². The number of fused-ring (bicyclic) bond motifs is 1. The number of hydrogen-bond acceptors (Lipinski definition) is 4. The van der Waals surface area contributed by atoms with Gasteiger partial charge >= 0.3 is 5.97 Å². The Morgan fingerprint density at radius 3 is 2.85 bits per heavy atom. The molecule has 1 amide bonds. The second-order valence-corrected chi connectivity index (χ2v) is 7.81. The van der Waals surface area contributed by atoms with Crippen molar-refractivity contribution in [2.24, 2.45) is 5.41 Å². The molecule has 0 bridgehead atoms. The van der Waals surface area contributed by atoms with Gasteiger partial charge in [0.1, 0.15) is 11.5 Å². The first-order chi connectivity index (χ1) is 12.8. The molecule has 6 nitrogen and oxygen atoms in total. The molecule has 2 aromatic rings. The quantitative estimate of drug-likeness (QED) is 0.784. The van der Waals surface area contributed by atoms with Gasteiger partial charge in [0.2, 0.25) is 5.91 Å². The molecule has 1 fully saturated rings. The summed E-state index contributed by atoms with van der Waals surface area (Å²) in [7, 11) is 0. The molecule has 1 aromatic heterocycles. The maximum absolute atomic E-state index is 13.7. The van der Waals surface area contributed by atoms with Crippen molar-refractivity contribution in [3.63, 3.8) is 0 Å². The number of hydrogen-bond donors (Lipinski definition) is 2. The van der Waals surface area contributed by atoms with Crippen molar-refractivity contribution in [2.75, 3.05) is 31.6 Å². The van der Waals surface area contributed by atoms with Gasteiger partial charge < -0.3 is 15.0 Å². The normalized spacial score (nSPS) is 17.0. The number of halogens is 1. The molecule has 2 N–H and O–H groups in total. The van der Waals surface area contributed by atoms with Crippen LogP contribution in [-0.4, -0.2) is 48.0 Å². The minimum absolute atomic E-state index is 0.129. The molecule has 1 aliphatic rings. The lowest BCUT2D eigenvalue weighted by Gasteiger charge is -2.37. The Kier molecular flexibility index (Phi) is 5.51. The number of aromatic amines is 1. The predicted octanol–water partition coefficient (Wildman–Crippen LogP) is 3.54. The maximum Gasteiger partial charge on any atom is 0.356 e. The third-order valence-electron chi connectivity index (χ3n) is 4.85. The van der Waals surface area contributed by atoms with Crippen LogP contribution in [0.1, 0.15) is 44.1 Å². The molecule has 1 saturated heterocycles. The van der Waals surface area contributed by atoms with Gasteiger partial charge in [0, 0.05) is 17.4 Å². The van der Waals surface area contributed by atoms with Gasteiger partial charge in [0.15, 0.2) is 0 Å². The van der Waals surface area contributed by atoms with Gasteiger partial charge in [0.25, 0.3) is 0 Å². The Morgan fingerprint density at radius 1 is 1.37 bits per heavy atom. The number of likely N-dealkylation sites (tertiary alicyclic amines) is 1. The van der Waals surface area contributed by atoms with Gasteiger partial charge in [-0.1, -0.05) is 13.8 Å². The van der Waals surface area contributed by atoms with Crippen LogP contribution < -0.4 is 5.32 Å². The highest BCUT2D eigenvalue weighted by Gasteiger charge is 2.28. The minimum Gasteiger partial charge on any atom is -0.461 e. The number of anilines is 1. The van der Waals surface area contributed by atoms with Gasteiger partial charge in [-0.15, -0.1) is 0 Å². The van der Waals surface area contributed by atoms with E-state index in [0.29, 0.717) is 10.9 Å². The van der Waals surface area contributed by atoms with Crippen molar-refractivity contribution >= 4 is 28.5 Å². The summed E-state index contributed by atoms with van der Waals surface area (Å²) in [5.74, 6) is -1.25. The zero-order chi connectivity index (χ0) is 19.6. The van der Waals surface area contributed by atoms with Crippen LogP contribution in [0.4, 0.5) is 10.1 Å². The summed E-state index contributed by atoms with van der Waals surface area (Å²) < 4.78 is 18.8. The summed E-state index contributed by atoms with van der Waals surface area (Å²) in [4.78, 5) is 29.9. The molecular formula is C20H26FN3O3. The number of ether oxygens (including phenoxy) is 1. The smallest absolute Gasteiger partial charge is 0.356 e. The number of amides is 1. The molecule has 0 radical (unpaired) electrons. The summed E-state index contributed by atoms with van der Waals surface area (Å²) in [6.45, 7) is 8.23. The molecular weight excluding hydrogens is 349 g/mol. The van der Waals surface area contributed by atoms with Crippen LogP contribution >= 0.6 is 0 Å². The molecule has 0 atom stereocenters. The Morgan fingerprint density at radius 2 is 2.15 bits per heavy atom. The Balaban J connectivity index is 1.84. The third kappa shape index (κ3) is 4.47. The fourth-order valence-electron chi connectivity index (χ4n) is 3.71. The number of rotatable bonds is 5. The van der Waals surface area contributed by atoms with E-state index in [1.165, 1.54) is 18.2 Å². The summed E-state index contributed by atoms with van der Waals surface area (Å²) in [5, 5.41) is 3.24. The number of nitrogens with zero attached hydrogens (tertiary/aromatic N) is 1. The highest BCUT2D eigenvalue weighted by molar-refractivity contribution is 6.11. The standard InChI is InChI=1S/C20H26FN3O3/c1-4-27-19(26)18-17(14-10-13(21)6-7-15(14)22-18)23-16(25)11-24-9-5-8-20(2,3)12-24/h6-7,10,22H,4-5,8-9,11-12H2,1-3H3,(H,23,25). The van der Waals surface area contributed by atoms with Gasteiger partial charge in [-0.25, -0.2) is 9.18 Å². The van der Waals surface area contributed by atoms with E-state index in [-0.39, 0.29) is 35.9 Å². The van der Waals surface area contributed by atoms with E-state index in [1.807, 2.05) is 0 Å². The summed E-state index contributed by atoms with van der Waals surface area (Å²) >= 11 is 0. The van der Waals surface area contributed by atoms with E-state index in [1.54, 1.807) is 6.92 Å². The van der Waals surface area contributed by atoms with E-state index in [9.17, 15) is 14.0 Å². The first kappa shape index (κ1) is 19.4. The minimum atomic E-state index is -0.580. The fourth-order valence-corrected chi connectivity index (χ4v) is 3.71. The number of aromatic nitrogens is 1. The first-order valence-corrected chi connectivity index (χ1v) is 9.29. The molecule has 3 rings (SSSR count). The molecule has 0 aliphatic carbocycles. The average Bonchev–Trinajstić information content (AvgIpc) is 2.92. The van der Waals surface area contributed by atoms with Crippen molar-refractivity contribution in [2.45, 2.75) is 33.6 Å². The van der Waals surface area contributed by atoms with Crippen LogP contribution in [0, 0.1) is 11.2 Å². The van der Waals surface area contributed by atoms with Crippen LogP contribution in [0.2, 0.25) is 0 Å². The molecule has 27 heavy (non-hydrogen) atoms. The zero-order valence-corrected chi connectivity index (χ0v) is 16.0. The SMILES string of the molecule is CCOC(=O)c1[nH]c2ccc(F)cc2c1NC(=O)CN1CCCC(C)(C)C1. The van der Waals surface area contributed by atoms with Crippen molar-refractivity contribution in [3.8, 4) is 0 Å². The lowest BCUT2D eigenvalue weighted by Crippen LogP contribution is -2.43. The number of esters is 1. The summed E-state index contributed by atoms with van der Waals surface area (Å²) in [6.07, 6.45) is 2.19. The molecule has 0 unspecified atom stereocenters. The number of H-pyrrole nitrogens is 1. The lowest BCUT2D eigenvalue weighted by molar-refractivity contribution is -0.118. The highest BCUT2D eigenvalue weighted by Crippen LogP contribution is 2.30. The van der Waals surface area contributed by atoms with Gasteiger partial charge in [-0.05, 0) is 49.9 Å². The second kappa shape index (κ2) is 7.68. The predicted molar refractivity (Wildman–Crippen MR) is 102 cm³/mol. The van der Waals surface area contributed by atoms with Crippen LogP contribution in [-0.2, 0) is 9.53 Å². The van der Waals surface area contributed by atoms with Gasteiger partial charge in [0.05, 0.1) is 18.8 Å². The highest BCUT2D eigenvalue weighted by atomic mass is 19.1. The lowest BCUT2D eigenvalue weighted by atomic mass is 9.84. The molecule has 0 spiro atoms. The van der Waals surface area contributed by atoms with Crippen molar-refractivity contribution in [3.05, 3.63) is 29.7 Å². The molecule has 7 heteroatoms. The summed E-state index contributed by atoms with van der Waals surface area (Å²) in [6, 6.07) is 4.14. The average molecular weight is 375 g/mol. The Labute approximate surface area is 158 Å². The molecule has 2 heterocycles. The van der Waals surface area contributed by atoms with Crippen molar-refractivity contribution in [1.82, 2.24) is 9.88 Å². The molecule has 0 saturated carbocycles. The van der Waals surface area contributed by atoms with E-state index < -0.39 is 11.8 Å². The number of carbonyl (C=O) groups excluding carboxylic acids is 2. The van der Waals surface area contributed by atoms with Crippen molar-refractivity contribution < 1.29 is 18.7 Å². The van der Waals surface area contributed by atoms with Crippen molar-refractivity contribution in [1.29, 1.82) is 0 Å². The van der Waals surface area contributed by atoms with E-state index in [0.717, 1.165) is 25.9 Å². The number of carbonyl (C=O) groups is 2. The number of benzene rings is 1. The summed E-state index contributed by atoms with van der Waals surface area (Å²) in [5.41, 5.74) is 1.14. The van der Waals surface area contributed by atoms with Crippen LogP contribution in [0.5, 0.6) is 0 Å². The van der Waals surface area contributed by atoms with E-state index in [4.69, 9.17) is 4.74 Å². The number of nitrogens with one attached hydrogen (secondary N) is 2. The zero-order valence-electron chi connectivity index (χ0n) is 16.0. The van der Waals surface area contributed by atoms with E-state index >= 15 is 0 Å². The Bertz CT molecular complexity index is 860. The largest absolute Gasteiger partial charge is 0.461 e. The third-order valence-corrected chi connectivity index (χ3v) is 4.85. The van der Waals surface area contributed by atoms with Gasteiger partial charge in [-0.3, -0.25) is 9.69 Å². The molecule has 1 aromatic carbocycles. The molecule has 1 aliphatic heterocycles.